The van der Waals surface area contributed by atoms with E-state index in [-0.39, 0.29) is 0 Å². The highest BCUT2D eigenvalue weighted by Crippen LogP contribution is 2.06. The number of primary amides is 1. The largest absolute Gasteiger partial charge is 0.385 e. The first-order valence-electron chi connectivity index (χ1n) is 2.92. The van der Waals surface area contributed by atoms with Crippen LogP contribution in [0.2, 0.25) is 0 Å². The maximum absolute atomic E-state index is 10.6. The number of nitrogens with two attached hydrogens (primary N) is 2. The minimum Gasteiger partial charge on any atom is -0.385 e. The van der Waals surface area contributed by atoms with Gasteiger partial charge in [-0.1, -0.05) is 6.08 Å². The van der Waals surface area contributed by atoms with Crippen LogP contribution in [0.1, 0.15) is 6.42 Å². The zero-order valence-electron chi connectivity index (χ0n) is 5.42. The third-order valence-corrected chi connectivity index (χ3v) is 1.30. The van der Waals surface area contributed by atoms with E-state index in [1.165, 1.54) is 0 Å². The van der Waals surface area contributed by atoms with Crippen molar-refractivity contribution in [2.45, 2.75) is 6.42 Å². The van der Waals surface area contributed by atoms with E-state index in [0.29, 0.717) is 17.8 Å². The highest BCUT2D eigenvalue weighted by Gasteiger charge is 2.09. The van der Waals surface area contributed by atoms with E-state index in [0.717, 1.165) is 0 Å². The lowest BCUT2D eigenvalue weighted by Gasteiger charge is -2.10. The van der Waals surface area contributed by atoms with E-state index < -0.39 is 5.91 Å². The lowest BCUT2D eigenvalue weighted by atomic mass is 10.1. The van der Waals surface area contributed by atoms with Crippen molar-refractivity contribution in [1.29, 1.82) is 0 Å². The van der Waals surface area contributed by atoms with Gasteiger partial charge in [0.2, 0.25) is 5.91 Å². The van der Waals surface area contributed by atoms with Crippen LogP contribution in [0.4, 0.5) is 0 Å². The van der Waals surface area contributed by atoms with Crippen LogP contribution in [0.25, 0.3) is 0 Å². The molecule has 1 heterocycles. The van der Waals surface area contributed by atoms with E-state index in [4.69, 9.17) is 11.5 Å². The van der Waals surface area contributed by atoms with Gasteiger partial charge in [0.15, 0.2) is 0 Å². The van der Waals surface area contributed by atoms with Crippen LogP contribution < -0.4 is 16.8 Å². The Morgan fingerprint density at radius 2 is 2.40 bits per heavy atom. The maximum atomic E-state index is 10.6. The molecule has 4 nitrogen and oxygen atoms in total. The molecule has 0 aromatic carbocycles. The molecule has 0 aromatic rings. The van der Waals surface area contributed by atoms with Gasteiger partial charge in [0.1, 0.15) is 5.82 Å². The van der Waals surface area contributed by atoms with Gasteiger partial charge >= 0.3 is 0 Å². The van der Waals surface area contributed by atoms with E-state index in [1.807, 2.05) is 0 Å². The van der Waals surface area contributed by atoms with E-state index in [2.05, 4.69) is 5.32 Å². The summed E-state index contributed by atoms with van der Waals surface area (Å²) in [7, 11) is 0. The van der Waals surface area contributed by atoms with Gasteiger partial charge < -0.3 is 16.8 Å². The molecule has 0 radical (unpaired) electrons. The molecule has 54 valence electrons. The minimum atomic E-state index is -0.464. The first kappa shape index (κ1) is 6.67. The second-order valence-electron chi connectivity index (χ2n) is 2.01. The Hall–Kier alpha value is -1.45. The highest BCUT2D eigenvalue weighted by molar-refractivity contribution is 5.93. The summed E-state index contributed by atoms with van der Waals surface area (Å²) in [4.78, 5) is 10.6. The van der Waals surface area contributed by atoms with Gasteiger partial charge in [0, 0.05) is 6.42 Å². The molecular formula is C6H9N3O. The third kappa shape index (κ3) is 1.10. The molecule has 0 spiro atoms. The molecule has 0 fully saturated rings. The number of nitrogens with one attached hydrogen (secondary N) is 1. The van der Waals surface area contributed by atoms with Gasteiger partial charge in [0.25, 0.3) is 0 Å². The van der Waals surface area contributed by atoms with E-state index in [1.54, 1.807) is 12.3 Å². The molecule has 1 aliphatic rings. The minimum absolute atomic E-state index is 0.356. The number of amides is 1. The highest BCUT2D eigenvalue weighted by atomic mass is 16.1. The maximum Gasteiger partial charge on any atom is 0.248 e. The third-order valence-electron chi connectivity index (χ3n) is 1.30. The summed E-state index contributed by atoms with van der Waals surface area (Å²) in [6.45, 7) is 0. The Bertz CT molecular complexity index is 217. The van der Waals surface area contributed by atoms with Crippen molar-refractivity contribution >= 4 is 5.91 Å². The molecule has 0 saturated heterocycles. The number of rotatable bonds is 1. The van der Waals surface area contributed by atoms with Crippen molar-refractivity contribution in [2.24, 2.45) is 11.5 Å². The second-order valence-corrected chi connectivity index (χ2v) is 2.01. The number of dihydropyridines is 1. The van der Waals surface area contributed by atoms with Crippen LogP contribution in [0, 0.1) is 0 Å². The average Bonchev–Trinajstić information content (AvgIpc) is 1.88. The molecule has 1 rings (SSSR count). The van der Waals surface area contributed by atoms with E-state index in [9.17, 15) is 4.79 Å². The molecule has 0 saturated carbocycles. The summed E-state index contributed by atoms with van der Waals surface area (Å²) in [5.74, 6) is -0.107. The zero-order valence-corrected chi connectivity index (χ0v) is 5.42. The fraction of sp³-hybridized carbons (Fsp3) is 0.167. The molecule has 4 heteroatoms. The first-order chi connectivity index (χ1) is 4.72. The van der Waals surface area contributed by atoms with Crippen LogP contribution in [0.3, 0.4) is 0 Å². The number of carbonyl (C=O) groups excluding carboxylic acids is 1. The number of carbonyl (C=O) groups is 1. The molecule has 0 atom stereocenters. The Morgan fingerprint density at radius 3 is 2.80 bits per heavy atom. The molecule has 0 bridgehead atoms. The van der Waals surface area contributed by atoms with Crippen molar-refractivity contribution < 1.29 is 4.79 Å². The lowest BCUT2D eigenvalue weighted by Crippen LogP contribution is -2.26. The van der Waals surface area contributed by atoms with Crippen LogP contribution >= 0.6 is 0 Å². The van der Waals surface area contributed by atoms with Crippen LogP contribution in [0.15, 0.2) is 23.7 Å². The van der Waals surface area contributed by atoms with Crippen LogP contribution in [-0.2, 0) is 4.79 Å². The summed E-state index contributed by atoms with van der Waals surface area (Å²) < 4.78 is 0. The summed E-state index contributed by atoms with van der Waals surface area (Å²) in [6, 6.07) is 0. The molecule has 1 amide bonds. The summed E-state index contributed by atoms with van der Waals surface area (Å²) in [5, 5.41) is 2.69. The summed E-state index contributed by atoms with van der Waals surface area (Å²) in [5.41, 5.74) is 10.8. The molecule has 0 aromatic heterocycles. The topological polar surface area (TPSA) is 81.1 Å². The van der Waals surface area contributed by atoms with Gasteiger partial charge in [-0.25, -0.2) is 0 Å². The Balaban J connectivity index is 2.81. The van der Waals surface area contributed by atoms with Crippen molar-refractivity contribution in [3.8, 4) is 0 Å². The lowest BCUT2D eigenvalue weighted by molar-refractivity contribution is -0.114. The van der Waals surface area contributed by atoms with Crippen molar-refractivity contribution in [3.63, 3.8) is 0 Å². The van der Waals surface area contributed by atoms with Gasteiger partial charge in [-0.15, -0.1) is 0 Å². The quantitative estimate of drug-likeness (QED) is 0.442. The van der Waals surface area contributed by atoms with Crippen molar-refractivity contribution in [2.75, 3.05) is 0 Å². The van der Waals surface area contributed by atoms with Gasteiger partial charge in [0.05, 0.1) is 5.57 Å². The Kier molecular flexibility index (Phi) is 1.62. The fourth-order valence-corrected chi connectivity index (χ4v) is 0.756. The van der Waals surface area contributed by atoms with Gasteiger partial charge in [-0.2, -0.15) is 0 Å². The molecule has 10 heavy (non-hydrogen) atoms. The molecular weight excluding hydrogens is 130 g/mol. The monoisotopic (exact) mass is 139 g/mol. The summed E-state index contributed by atoms with van der Waals surface area (Å²) in [6.07, 6.45) is 3.99. The predicted octanol–water partition coefficient (Wildman–Crippen LogP) is -0.851. The van der Waals surface area contributed by atoms with Gasteiger partial charge in [-0.3, -0.25) is 4.79 Å². The zero-order chi connectivity index (χ0) is 7.56. The Labute approximate surface area is 58.6 Å². The standard InChI is InChI=1S/C6H9N3O/c7-5-4(6(8)10)2-1-3-9-5/h1,3,9H,2,7H2,(H2,8,10). The van der Waals surface area contributed by atoms with Crippen LogP contribution in [-0.4, -0.2) is 5.91 Å². The van der Waals surface area contributed by atoms with Crippen molar-refractivity contribution in [1.82, 2.24) is 5.32 Å². The molecule has 0 unspecified atom stereocenters. The molecule has 0 aliphatic carbocycles. The van der Waals surface area contributed by atoms with E-state index >= 15 is 0 Å². The normalized spacial score (nSPS) is 16.8. The Morgan fingerprint density at radius 1 is 1.70 bits per heavy atom. The van der Waals surface area contributed by atoms with Crippen LogP contribution in [0.5, 0.6) is 0 Å². The molecule has 5 N–H and O–H groups in total. The molecule has 1 aliphatic heterocycles. The number of allylic oxidation sites excluding steroid dienone is 1. The smallest absolute Gasteiger partial charge is 0.248 e. The fourth-order valence-electron chi connectivity index (χ4n) is 0.756. The second kappa shape index (κ2) is 2.43. The SMILES string of the molecule is NC(=O)C1=C(N)NC=CC1. The van der Waals surface area contributed by atoms with Gasteiger partial charge in [-0.05, 0) is 6.20 Å². The number of hydrogen-bond acceptors (Lipinski definition) is 3. The first-order valence-corrected chi connectivity index (χ1v) is 2.92. The summed E-state index contributed by atoms with van der Waals surface area (Å²) >= 11 is 0. The average molecular weight is 139 g/mol. The van der Waals surface area contributed by atoms with Crippen molar-refractivity contribution in [3.05, 3.63) is 23.7 Å². The number of hydrogen-bond donors (Lipinski definition) is 3. The predicted molar refractivity (Wildman–Crippen MR) is 37.3 cm³/mol.